The molecule has 0 aromatic heterocycles. The molecule has 3 aromatic carbocycles. The number of nitrogens with one attached hydrogen (secondary N) is 1. The van der Waals surface area contributed by atoms with Gasteiger partial charge in [0.1, 0.15) is 5.69 Å². The van der Waals surface area contributed by atoms with E-state index in [4.69, 9.17) is 5.73 Å². The fourth-order valence-electron chi connectivity index (χ4n) is 2.84. The lowest BCUT2D eigenvalue weighted by molar-refractivity contribution is -0.384. The van der Waals surface area contributed by atoms with Crippen LogP contribution in [0.3, 0.4) is 0 Å². The highest BCUT2D eigenvalue weighted by molar-refractivity contribution is 5.94. The molecular formula is C21H20N4O3. The number of carbonyl (C=O) groups is 1. The van der Waals surface area contributed by atoms with Crippen LogP contribution in [-0.4, -0.2) is 15.8 Å². The maximum Gasteiger partial charge on any atom is 0.294 e. The highest BCUT2D eigenvalue weighted by Crippen LogP contribution is 2.27. The van der Waals surface area contributed by atoms with E-state index in [0.29, 0.717) is 18.8 Å². The molecule has 0 aliphatic heterocycles. The third-order valence-corrected chi connectivity index (χ3v) is 4.19. The van der Waals surface area contributed by atoms with Crippen molar-refractivity contribution in [1.29, 1.82) is 0 Å². The van der Waals surface area contributed by atoms with Crippen molar-refractivity contribution in [2.45, 2.75) is 13.1 Å². The zero-order valence-corrected chi connectivity index (χ0v) is 15.1. The number of amides is 1. The van der Waals surface area contributed by atoms with Crippen molar-refractivity contribution in [2.75, 3.05) is 5.43 Å². The Morgan fingerprint density at radius 3 is 1.93 bits per heavy atom. The lowest BCUT2D eigenvalue weighted by Gasteiger charge is -2.24. The van der Waals surface area contributed by atoms with E-state index in [1.54, 1.807) is 0 Å². The fraction of sp³-hybridized carbons (Fsp3) is 0.0952. The Hall–Kier alpha value is -3.71. The van der Waals surface area contributed by atoms with Crippen LogP contribution >= 0.6 is 0 Å². The summed E-state index contributed by atoms with van der Waals surface area (Å²) in [7, 11) is 0. The minimum absolute atomic E-state index is 0.0925. The third kappa shape index (κ3) is 4.93. The monoisotopic (exact) mass is 376 g/mol. The van der Waals surface area contributed by atoms with Crippen LogP contribution < -0.4 is 11.2 Å². The van der Waals surface area contributed by atoms with Crippen LogP contribution in [0.15, 0.2) is 78.9 Å². The summed E-state index contributed by atoms with van der Waals surface area (Å²) < 4.78 is 0. The molecule has 3 rings (SSSR count). The van der Waals surface area contributed by atoms with Gasteiger partial charge in [0.05, 0.1) is 4.92 Å². The molecule has 0 saturated carbocycles. The normalized spacial score (nSPS) is 10.6. The number of nitrogens with zero attached hydrogens (tertiary/aromatic N) is 2. The largest absolute Gasteiger partial charge is 0.366 e. The molecule has 0 heterocycles. The Morgan fingerprint density at radius 2 is 1.46 bits per heavy atom. The van der Waals surface area contributed by atoms with Gasteiger partial charge in [0, 0.05) is 24.7 Å². The van der Waals surface area contributed by atoms with Crippen LogP contribution in [0.5, 0.6) is 0 Å². The molecule has 0 fully saturated rings. The lowest BCUT2D eigenvalue weighted by Crippen LogP contribution is -2.29. The topological polar surface area (TPSA) is 102 Å². The van der Waals surface area contributed by atoms with Gasteiger partial charge in [-0.1, -0.05) is 60.7 Å². The summed E-state index contributed by atoms with van der Waals surface area (Å²) in [5, 5.41) is 13.4. The Labute approximate surface area is 162 Å². The van der Waals surface area contributed by atoms with Crippen LogP contribution in [0.4, 0.5) is 11.4 Å². The van der Waals surface area contributed by atoms with Crippen molar-refractivity contribution in [3.63, 3.8) is 0 Å². The van der Waals surface area contributed by atoms with Crippen molar-refractivity contribution in [3.05, 3.63) is 106 Å². The molecule has 142 valence electrons. The summed E-state index contributed by atoms with van der Waals surface area (Å²) in [6.07, 6.45) is 0. The first-order valence-corrected chi connectivity index (χ1v) is 8.70. The van der Waals surface area contributed by atoms with E-state index >= 15 is 0 Å². The Balaban J connectivity index is 1.90. The van der Waals surface area contributed by atoms with Gasteiger partial charge in [-0.2, -0.15) is 0 Å². The zero-order valence-electron chi connectivity index (χ0n) is 15.1. The molecule has 3 N–H and O–H groups in total. The summed E-state index contributed by atoms with van der Waals surface area (Å²) >= 11 is 0. The summed E-state index contributed by atoms with van der Waals surface area (Å²) in [5.74, 6) is -0.708. The standard InChI is InChI=1S/C21H20N4O3/c22-21(26)18-11-12-19(20(13-18)25(27)28)23-24(14-16-7-3-1-4-8-16)15-17-9-5-2-6-10-17/h1-13,23H,14-15H2,(H2,22,26). The Bertz CT molecular complexity index is 920. The minimum Gasteiger partial charge on any atom is -0.366 e. The molecule has 7 heteroatoms. The number of nitro groups is 1. The summed E-state index contributed by atoms with van der Waals surface area (Å²) in [6.45, 7) is 1.06. The van der Waals surface area contributed by atoms with Gasteiger partial charge < -0.3 is 11.2 Å². The van der Waals surface area contributed by atoms with Crippen LogP contribution in [0.1, 0.15) is 21.5 Å². The van der Waals surface area contributed by atoms with Crippen molar-refractivity contribution in [2.24, 2.45) is 5.73 Å². The molecule has 0 bridgehead atoms. The molecule has 1 amide bonds. The maximum atomic E-state index is 11.5. The Morgan fingerprint density at radius 1 is 0.929 bits per heavy atom. The minimum atomic E-state index is -0.708. The number of rotatable bonds is 8. The van der Waals surface area contributed by atoms with Crippen molar-refractivity contribution < 1.29 is 9.72 Å². The first kappa shape index (κ1) is 19.1. The van der Waals surface area contributed by atoms with E-state index < -0.39 is 10.8 Å². The van der Waals surface area contributed by atoms with Crippen LogP contribution in [0.25, 0.3) is 0 Å². The molecule has 0 unspecified atom stereocenters. The third-order valence-electron chi connectivity index (χ3n) is 4.19. The molecule has 28 heavy (non-hydrogen) atoms. The maximum absolute atomic E-state index is 11.5. The van der Waals surface area contributed by atoms with Crippen LogP contribution in [0.2, 0.25) is 0 Å². The molecule has 0 aliphatic carbocycles. The summed E-state index contributed by atoms with van der Waals surface area (Å²) in [4.78, 5) is 22.3. The second kappa shape index (κ2) is 8.79. The van der Waals surface area contributed by atoms with Crippen molar-refractivity contribution in [1.82, 2.24) is 5.01 Å². The average Bonchev–Trinajstić information content (AvgIpc) is 2.69. The fourth-order valence-corrected chi connectivity index (χ4v) is 2.84. The number of hydrazine groups is 1. The predicted molar refractivity (Wildman–Crippen MR) is 107 cm³/mol. The predicted octanol–water partition coefficient (Wildman–Crippen LogP) is 3.72. The smallest absolute Gasteiger partial charge is 0.294 e. The molecule has 0 saturated heterocycles. The van der Waals surface area contributed by atoms with Gasteiger partial charge in [-0.25, -0.2) is 5.01 Å². The number of nitro benzene ring substituents is 1. The first-order chi connectivity index (χ1) is 13.5. The van der Waals surface area contributed by atoms with E-state index in [1.807, 2.05) is 65.7 Å². The van der Waals surface area contributed by atoms with Crippen LogP contribution in [0, 0.1) is 10.1 Å². The number of benzene rings is 3. The molecule has 0 atom stereocenters. The number of anilines is 1. The highest BCUT2D eigenvalue weighted by atomic mass is 16.6. The van der Waals surface area contributed by atoms with Crippen molar-refractivity contribution in [3.8, 4) is 0 Å². The number of nitrogens with two attached hydrogens (primary N) is 1. The van der Waals surface area contributed by atoms with Gasteiger partial charge in [0.2, 0.25) is 5.91 Å². The Kier molecular flexibility index (Phi) is 5.98. The summed E-state index contributed by atoms with van der Waals surface area (Å²) in [6, 6.07) is 23.8. The highest BCUT2D eigenvalue weighted by Gasteiger charge is 2.19. The molecule has 3 aromatic rings. The molecule has 0 aliphatic rings. The average molecular weight is 376 g/mol. The zero-order chi connectivity index (χ0) is 19.9. The van der Waals surface area contributed by atoms with Gasteiger partial charge >= 0.3 is 0 Å². The van der Waals surface area contributed by atoms with Gasteiger partial charge in [0.25, 0.3) is 5.69 Å². The quantitative estimate of drug-likeness (QED) is 0.461. The van der Waals surface area contributed by atoms with Crippen LogP contribution in [-0.2, 0) is 13.1 Å². The number of hydrogen-bond donors (Lipinski definition) is 2. The van der Waals surface area contributed by atoms with E-state index in [-0.39, 0.29) is 11.3 Å². The lowest BCUT2D eigenvalue weighted by atomic mass is 10.1. The van der Waals surface area contributed by atoms with E-state index in [1.165, 1.54) is 18.2 Å². The van der Waals surface area contributed by atoms with Gasteiger partial charge in [-0.15, -0.1) is 0 Å². The first-order valence-electron chi connectivity index (χ1n) is 8.70. The van der Waals surface area contributed by atoms with E-state index in [9.17, 15) is 14.9 Å². The second-order valence-corrected chi connectivity index (χ2v) is 6.29. The molecule has 0 spiro atoms. The molecular weight excluding hydrogens is 356 g/mol. The molecule has 0 radical (unpaired) electrons. The second-order valence-electron chi connectivity index (χ2n) is 6.29. The number of carbonyl (C=O) groups excluding carboxylic acids is 1. The molecule has 7 nitrogen and oxygen atoms in total. The van der Waals surface area contributed by atoms with E-state index in [0.717, 1.165) is 11.1 Å². The SMILES string of the molecule is NC(=O)c1ccc(NN(Cc2ccccc2)Cc2ccccc2)c([N+](=O)[O-])c1. The summed E-state index contributed by atoms with van der Waals surface area (Å²) in [5.41, 5.74) is 10.7. The van der Waals surface area contributed by atoms with Gasteiger partial charge in [0.15, 0.2) is 0 Å². The number of hydrogen-bond acceptors (Lipinski definition) is 5. The van der Waals surface area contributed by atoms with E-state index in [2.05, 4.69) is 5.43 Å². The number of primary amides is 1. The van der Waals surface area contributed by atoms with Crippen molar-refractivity contribution >= 4 is 17.3 Å². The van der Waals surface area contributed by atoms with Gasteiger partial charge in [-0.3, -0.25) is 14.9 Å². The van der Waals surface area contributed by atoms with Gasteiger partial charge in [-0.05, 0) is 23.3 Å².